The van der Waals surface area contributed by atoms with Crippen LogP contribution in [0.1, 0.15) is 19.4 Å². The number of allylic oxidation sites excluding steroid dienone is 4. The molecule has 0 saturated heterocycles. The van der Waals surface area contributed by atoms with Crippen LogP contribution < -0.4 is 4.57 Å². The lowest BCUT2D eigenvalue weighted by Gasteiger charge is -2.03. The topological polar surface area (TPSA) is 73.8 Å². The zero-order valence-electron chi connectivity index (χ0n) is 12.4. The monoisotopic (exact) mass is 309 g/mol. The number of aryl methyl sites for hydroxylation is 1. The van der Waals surface area contributed by atoms with E-state index in [0.29, 0.717) is 6.54 Å². The first-order chi connectivity index (χ1) is 9.96. The van der Waals surface area contributed by atoms with Crippen molar-refractivity contribution in [2.45, 2.75) is 20.4 Å². The smallest absolute Gasteiger partial charge is 0.324 e. The summed E-state index contributed by atoms with van der Waals surface area (Å²) in [5.41, 5.74) is 2.07. The lowest BCUT2D eigenvalue weighted by molar-refractivity contribution is -0.692. The molecule has 1 heterocycles. The Hall–Kier alpha value is -1.55. The molecule has 0 radical (unpaired) electrons. The van der Waals surface area contributed by atoms with Crippen LogP contribution in [0, 0.1) is 0 Å². The molecule has 0 unspecified atom stereocenters. The summed E-state index contributed by atoms with van der Waals surface area (Å²) in [6.45, 7) is 4.97. The predicted molar refractivity (Wildman–Crippen MR) is 85.4 cm³/mol. The van der Waals surface area contributed by atoms with E-state index in [9.17, 15) is 4.57 Å². The molecule has 0 bridgehead atoms. The van der Waals surface area contributed by atoms with Crippen molar-refractivity contribution in [1.29, 1.82) is 0 Å². The number of rotatable bonds is 7. The van der Waals surface area contributed by atoms with Crippen LogP contribution >= 0.6 is 7.60 Å². The maximum absolute atomic E-state index is 10.9. The molecular weight excluding hydrogens is 287 g/mol. The minimum atomic E-state index is -3.95. The van der Waals surface area contributed by atoms with Crippen LogP contribution in [0.25, 0.3) is 5.57 Å². The van der Waals surface area contributed by atoms with Gasteiger partial charge in [-0.1, -0.05) is 12.2 Å². The van der Waals surface area contributed by atoms with E-state index in [1.54, 1.807) is 10.8 Å². The van der Waals surface area contributed by atoms with E-state index < -0.39 is 7.60 Å². The van der Waals surface area contributed by atoms with E-state index >= 15 is 0 Å². The minimum Gasteiger partial charge on any atom is -0.324 e. The Morgan fingerprint density at radius 3 is 2.57 bits per heavy atom. The van der Waals surface area contributed by atoms with Crippen molar-refractivity contribution in [2.24, 2.45) is 4.99 Å². The molecule has 5 nitrogen and oxygen atoms in total. The standard InChI is InChI=1S/C15H21N2O3P/c1-3-5-14(6-9-16-4-2)15-7-10-17(11-8-15)12-13-21(18,19)20/h3,5-11H,4,12-13H2,1-2H3,(H-,18,19,20)/p+1/b5-3-,14-6+,16-9+. The quantitative estimate of drug-likeness (QED) is 0.351. The zero-order chi connectivity index (χ0) is 15.7. The number of nitrogens with zero attached hydrogens (tertiary/aromatic N) is 2. The highest BCUT2D eigenvalue weighted by molar-refractivity contribution is 7.51. The van der Waals surface area contributed by atoms with Gasteiger partial charge in [-0.25, -0.2) is 4.57 Å². The van der Waals surface area contributed by atoms with E-state index in [2.05, 4.69) is 4.99 Å². The summed E-state index contributed by atoms with van der Waals surface area (Å²) in [5.74, 6) is 0. The van der Waals surface area contributed by atoms with Gasteiger partial charge in [0.15, 0.2) is 18.9 Å². The van der Waals surface area contributed by atoms with Gasteiger partial charge in [0.05, 0.1) is 0 Å². The molecule has 0 aliphatic rings. The molecule has 0 aliphatic carbocycles. The van der Waals surface area contributed by atoms with Crippen LogP contribution in [-0.2, 0) is 11.1 Å². The Morgan fingerprint density at radius 2 is 2.05 bits per heavy atom. The third kappa shape index (κ3) is 7.14. The molecule has 0 aromatic carbocycles. The van der Waals surface area contributed by atoms with Gasteiger partial charge in [0.25, 0.3) is 0 Å². The van der Waals surface area contributed by atoms with Crippen molar-refractivity contribution >= 4 is 19.4 Å². The average Bonchev–Trinajstić information content (AvgIpc) is 2.44. The van der Waals surface area contributed by atoms with Crippen LogP contribution in [0.15, 0.2) is 47.7 Å². The minimum absolute atomic E-state index is 0.155. The van der Waals surface area contributed by atoms with Crippen LogP contribution in [0.4, 0.5) is 0 Å². The van der Waals surface area contributed by atoms with Crippen LogP contribution in [0.3, 0.4) is 0 Å². The maximum atomic E-state index is 10.9. The fourth-order valence-electron chi connectivity index (χ4n) is 1.71. The summed E-state index contributed by atoms with van der Waals surface area (Å²) >= 11 is 0. The Bertz CT molecular complexity index is 571. The number of aliphatic imine (C=N–C) groups is 1. The van der Waals surface area contributed by atoms with Crippen molar-refractivity contribution < 1.29 is 18.9 Å². The summed E-state index contributed by atoms with van der Waals surface area (Å²) in [6.07, 6.45) is 11.2. The van der Waals surface area contributed by atoms with Crippen LogP contribution in [-0.4, -0.2) is 28.7 Å². The highest BCUT2D eigenvalue weighted by Crippen LogP contribution is 2.33. The molecule has 0 spiro atoms. The van der Waals surface area contributed by atoms with E-state index in [0.717, 1.165) is 17.7 Å². The lowest BCUT2D eigenvalue weighted by Crippen LogP contribution is -2.34. The van der Waals surface area contributed by atoms with Gasteiger partial charge < -0.3 is 9.79 Å². The Balaban J connectivity index is 2.85. The molecule has 2 N–H and O–H groups in total. The molecule has 0 atom stereocenters. The first kappa shape index (κ1) is 17.5. The molecule has 1 aromatic rings. The number of aromatic nitrogens is 1. The molecule has 0 amide bonds. The van der Waals surface area contributed by atoms with E-state index in [1.165, 1.54) is 0 Å². The zero-order valence-corrected chi connectivity index (χ0v) is 13.3. The maximum Gasteiger partial charge on any atom is 0.331 e. The molecule has 0 fully saturated rings. The Labute approximate surface area is 125 Å². The van der Waals surface area contributed by atoms with Crippen molar-refractivity contribution in [3.05, 3.63) is 48.3 Å². The van der Waals surface area contributed by atoms with Gasteiger partial charge in [-0.3, -0.25) is 9.56 Å². The summed E-state index contributed by atoms with van der Waals surface area (Å²) in [5, 5.41) is 0. The first-order valence-electron chi connectivity index (χ1n) is 6.83. The van der Waals surface area contributed by atoms with Gasteiger partial charge in [-0.2, -0.15) is 0 Å². The van der Waals surface area contributed by atoms with Crippen LogP contribution in [0.2, 0.25) is 0 Å². The van der Waals surface area contributed by atoms with Gasteiger partial charge in [0.1, 0.15) is 6.16 Å². The number of hydrogen-bond acceptors (Lipinski definition) is 2. The molecule has 21 heavy (non-hydrogen) atoms. The number of hydrogen-bond donors (Lipinski definition) is 2. The summed E-state index contributed by atoms with van der Waals surface area (Å²) in [6, 6.07) is 3.84. The van der Waals surface area contributed by atoms with Gasteiger partial charge in [0.2, 0.25) is 0 Å². The Morgan fingerprint density at radius 1 is 1.38 bits per heavy atom. The molecule has 114 valence electrons. The summed E-state index contributed by atoms with van der Waals surface area (Å²) in [7, 11) is -3.95. The largest absolute Gasteiger partial charge is 0.331 e. The van der Waals surface area contributed by atoms with Gasteiger partial charge in [-0.15, -0.1) is 0 Å². The summed E-state index contributed by atoms with van der Waals surface area (Å²) in [4.78, 5) is 21.9. The van der Waals surface area contributed by atoms with Crippen molar-refractivity contribution in [3.63, 3.8) is 0 Å². The van der Waals surface area contributed by atoms with Crippen molar-refractivity contribution in [2.75, 3.05) is 12.7 Å². The lowest BCUT2D eigenvalue weighted by atomic mass is 10.1. The van der Waals surface area contributed by atoms with E-state index in [-0.39, 0.29) is 6.16 Å². The van der Waals surface area contributed by atoms with E-state index in [1.807, 2.05) is 56.6 Å². The van der Waals surface area contributed by atoms with Gasteiger partial charge >= 0.3 is 7.60 Å². The van der Waals surface area contributed by atoms with Crippen molar-refractivity contribution in [3.8, 4) is 0 Å². The fourth-order valence-corrected chi connectivity index (χ4v) is 2.20. The van der Waals surface area contributed by atoms with Crippen molar-refractivity contribution in [1.82, 2.24) is 0 Å². The highest BCUT2D eigenvalue weighted by atomic mass is 31.2. The second-order valence-corrected chi connectivity index (χ2v) is 6.26. The van der Waals surface area contributed by atoms with Gasteiger partial charge in [-0.05, 0) is 31.1 Å². The normalized spacial score (nSPS) is 13.4. The Kier molecular flexibility index (Phi) is 7.23. The fraction of sp³-hybridized carbons (Fsp3) is 0.333. The molecular formula is C15H22N2O3P+. The molecule has 0 saturated carbocycles. The summed E-state index contributed by atoms with van der Waals surface area (Å²) < 4.78 is 12.6. The average molecular weight is 309 g/mol. The SMILES string of the molecule is C\C=C/C(=C\C=N\CC)c1cc[n+](CCP(=O)(O)O)cc1. The first-order valence-corrected chi connectivity index (χ1v) is 8.63. The molecule has 0 aliphatic heterocycles. The number of pyridine rings is 1. The molecule has 1 rings (SSSR count). The second-order valence-electron chi connectivity index (χ2n) is 4.48. The molecule has 1 aromatic heterocycles. The third-order valence-corrected chi connectivity index (χ3v) is 3.54. The van der Waals surface area contributed by atoms with Crippen LogP contribution in [0.5, 0.6) is 0 Å². The molecule has 6 heteroatoms. The van der Waals surface area contributed by atoms with E-state index in [4.69, 9.17) is 9.79 Å². The third-order valence-electron chi connectivity index (χ3n) is 2.76. The predicted octanol–water partition coefficient (Wildman–Crippen LogP) is 2.20. The second kappa shape index (κ2) is 8.67. The van der Waals surface area contributed by atoms with Gasteiger partial charge in [0, 0.05) is 24.9 Å². The highest BCUT2D eigenvalue weighted by Gasteiger charge is 2.15.